The van der Waals surface area contributed by atoms with E-state index >= 15 is 0 Å². The van der Waals surface area contributed by atoms with Gasteiger partial charge in [0.15, 0.2) is 0 Å². The SMILES string of the molecule is C=CCCCCCN(C)C(=O)C(C)C(N)c1ccccc1.Cl. The van der Waals surface area contributed by atoms with Crippen molar-refractivity contribution in [1.29, 1.82) is 0 Å². The Morgan fingerprint density at radius 3 is 2.50 bits per heavy atom. The van der Waals surface area contributed by atoms with Crippen molar-refractivity contribution >= 4 is 18.3 Å². The van der Waals surface area contributed by atoms with E-state index in [0.717, 1.165) is 37.8 Å². The summed E-state index contributed by atoms with van der Waals surface area (Å²) >= 11 is 0. The Balaban J connectivity index is 0.00000441. The van der Waals surface area contributed by atoms with E-state index in [2.05, 4.69) is 6.58 Å². The van der Waals surface area contributed by atoms with Gasteiger partial charge in [0, 0.05) is 19.6 Å². The molecule has 0 spiro atoms. The fraction of sp³-hybridized carbons (Fsp3) is 0.500. The number of benzene rings is 1. The van der Waals surface area contributed by atoms with E-state index < -0.39 is 0 Å². The number of allylic oxidation sites excluding steroid dienone is 1. The number of hydrogen-bond donors (Lipinski definition) is 1. The molecule has 0 aromatic heterocycles. The number of rotatable bonds is 9. The van der Waals surface area contributed by atoms with Crippen molar-refractivity contribution in [2.45, 2.75) is 38.6 Å². The van der Waals surface area contributed by atoms with Crippen LogP contribution in [0.1, 0.15) is 44.2 Å². The van der Waals surface area contributed by atoms with Crippen LogP contribution >= 0.6 is 12.4 Å². The lowest BCUT2D eigenvalue weighted by molar-refractivity contribution is -0.134. The van der Waals surface area contributed by atoms with Crippen molar-refractivity contribution in [2.75, 3.05) is 13.6 Å². The number of amides is 1. The van der Waals surface area contributed by atoms with Gasteiger partial charge in [0.25, 0.3) is 0 Å². The van der Waals surface area contributed by atoms with Gasteiger partial charge in [0.2, 0.25) is 5.91 Å². The summed E-state index contributed by atoms with van der Waals surface area (Å²) in [5.74, 6) is -0.0827. The summed E-state index contributed by atoms with van der Waals surface area (Å²) in [6.45, 7) is 6.42. The second-order valence-electron chi connectivity index (χ2n) is 5.62. The number of carbonyl (C=O) groups is 1. The van der Waals surface area contributed by atoms with Gasteiger partial charge in [-0.25, -0.2) is 0 Å². The van der Waals surface area contributed by atoms with E-state index in [4.69, 9.17) is 5.73 Å². The summed E-state index contributed by atoms with van der Waals surface area (Å²) in [5.41, 5.74) is 7.22. The minimum absolute atomic E-state index is 0. The van der Waals surface area contributed by atoms with Crippen molar-refractivity contribution in [3.8, 4) is 0 Å². The summed E-state index contributed by atoms with van der Waals surface area (Å²) in [7, 11) is 1.87. The number of halogens is 1. The summed E-state index contributed by atoms with van der Waals surface area (Å²) in [5, 5.41) is 0. The molecular formula is C18H29ClN2O. The molecule has 0 fully saturated rings. The molecule has 2 N–H and O–H groups in total. The van der Waals surface area contributed by atoms with Crippen molar-refractivity contribution in [1.82, 2.24) is 4.90 Å². The number of unbranched alkanes of at least 4 members (excludes halogenated alkanes) is 3. The Bertz CT molecular complexity index is 436. The first-order valence-electron chi connectivity index (χ1n) is 7.74. The van der Waals surface area contributed by atoms with E-state index in [0.29, 0.717) is 0 Å². The maximum absolute atomic E-state index is 12.4. The summed E-state index contributed by atoms with van der Waals surface area (Å²) < 4.78 is 0. The lowest BCUT2D eigenvalue weighted by Gasteiger charge is -2.25. The van der Waals surface area contributed by atoms with Gasteiger partial charge in [0.1, 0.15) is 0 Å². The third kappa shape index (κ3) is 6.63. The summed E-state index contributed by atoms with van der Waals surface area (Å²) in [4.78, 5) is 14.2. The zero-order valence-electron chi connectivity index (χ0n) is 13.7. The molecule has 4 heteroatoms. The topological polar surface area (TPSA) is 46.3 Å². The van der Waals surface area contributed by atoms with Crippen LogP contribution in [0, 0.1) is 5.92 Å². The molecule has 0 bridgehead atoms. The van der Waals surface area contributed by atoms with E-state index in [-0.39, 0.29) is 30.3 Å². The van der Waals surface area contributed by atoms with Crippen LogP contribution in [0.25, 0.3) is 0 Å². The van der Waals surface area contributed by atoms with Gasteiger partial charge in [-0.05, 0) is 24.8 Å². The molecule has 2 atom stereocenters. The summed E-state index contributed by atoms with van der Waals surface area (Å²) in [6, 6.07) is 9.57. The first-order valence-corrected chi connectivity index (χ1v) is 7.74. The average molecular weight is 325 g/mol. The van der Waals surface area contributed by atoms with Gasteiger partial charge >= 0.3 is 0 Å². The van der Waals surface area contributed by atoms with Gasteiger partial charge in [0.05, 0.1) is 5.92 Å². The molecule has 1 rings (SSSR count). The lowest BCUT2D eigenvalue weighted by atomic mass is 9.94. The molecular weight excluding hydrogens is 296 g/mol. The molecule has 0 radical (unpaired) electrons. The number of carbonyl (C=O) groups excluding carboxylic acids is 1. The second-order valence-corrected chi connectivity index (χ2v) is 5.62. The van der Waals surface area contributed by atoms with E-state index in [1.807, 2.05) is 50.4 Å². The van der Waals surface area contributed by atoms with Crippen LogP contribution in [0.5, 0.6) is 0 Å². The third-order valence-electron chi connectivity index (χ3n) is 3.89. The van der Waals surface area contributed by atoms with Crippen LogP contribution < -0.4 is 5.73 Å². The quantitative estimate of drug-likeness (QED) is 0.552. The van der Waals surface area contributed by atoms with Gasteiger partial charge in [-0.3, -0.25) is 4.79 Å². The van der Waals surface area contributed by atoms with Crippen molar-refractivity contribution in [3.63, 3.8) is 0 Å². The highest BCUT2D eigenvalue weighted by atomic mass is 35.5. The Morgan fingerprint density at radius 1 is 1.27 bits per heavy atom. The highest BCUT2D eigenvalue weighted by Gasteiger charge is 2.24. The van der Waals surface area contributed by atoms with Gasteiger partial charge in [-0.2, -0.15) is 0 Å². The molecule has 1 aromatic carbocycles. The predicted molar refractivity (Wildman–Crippen MR) is 96.1 cm³/mol. The number of nitrogens with two attached hydrogens (primary N) is 1. The predicted octanol–water partition coefficient (Wildman–Crippen LogP) is 3.95. The smallest absolute Gasteiger partial charge is 0.227 e. The molecule has 2 unspecified atom stereocenters. The maximum Gasteiger partial charge on any atom is 0.227 e. The Kier molecular flexibility index (Phi) is 10.6. The Morgan fingerprint density at radius 2 is 1.91 bits per heavy atom. The second kappa shape index (κ2) is 11.3. The maximum atomic E-state index is 12.4. The van der Waals surface area contributed by atoms with Gasteiger partial charge < -0.3 is 10.6 Å². The first-order chi connectivity index (χ1) is 10.1. The first kappa shape index (κ1) is 20.7. The zero-order chi connectivity index (χ0) is 15.7. The normalized spacial score (nSPS) is 12.9. The molecule has 124 valence electrons. The highest BCUT2D eigenvalue weighted by molar-refractivity contribution is 5.85. The molecule has 0 saturated heterocycles. The van der Waals surface area contributed by atoms with E-state index in [1.54, 1.807) is 4.90 Å². The number of hydrogen-bond acceptors (Lipinski definition) is 2. The average Bonchev–Trinajstić information content (AvgIpc) is 2.53. The minimum atomic E-state index is -0.248. The lowest BCUT2D eigenvalue weighted by Crippen LogP contribution is -2.37. The van der Waals surface area contributed by atoms with Crippen LogP contribution in [0.15, 0.2) is 43.0 Å². The molecule has 0 aliphatic heterocycles. The van der Waals surface area contributed by atoms with Crippen molar-refractivity contribution in [3.05, 3.63) is 48.6 Å². The zero-order valence-corrected chi connectivity index (χ0v) is 14.5. The monoisotopic (exact) mass is 324 g/mol. The molecule has 1 amide bonds. The van der Waals surface area contributed by atoms with Gasteiger partial charge in [-0.15, -0.1) is 19.0 Å². The minimum Gasteiger partial charge on any atom is -0.345 e. The molecule has 1 aromatic rings. The van der Waals surface area contributed by atoms with Gasteiger partial charge in [-0.1, -0.05) is 49.8 Å². The van der Waals surface area contributed by atoms with Crippen LogP contribution in [0.4, 0.5) is 0 Å². The van der Waals surface area contributed by atoms with E-state index in [1.165, 1.54) is 0 Å². The Labute approximate surface area is 141 Å². The molecule has 22 heavy (non-hydrogen) atoms. The van der Waals surface area contributed by atoms with Crippen LogP contribution in [0.2, 0.25) is 0 Å². The molecule has 0 saturated carbocycles. The standard InChI is InChI=1S/C18H28N2O.ClH/c1-4-5-6-7-11-14-20(3)18(21)15(2)17(19)16-12-9-8-10-13-16;/h4,8-10,12-13,15,17H,1,5-7,11,14,19H2,2-3H3;1H. The summed E-state index contributed by atoms with van der Waals surface area (Å²) in [6.07, 6.45) is 6.29. The molecule has 0 aliphatic carbocycles. The van der Waals surface area contributed by atoms with Crippen LogP contribution in [0.3, 0.4) is 0 Å². The van der Waals surface area contributed by atoms with Crippen molar-refractivity contribution < 1.29 is 4.79 Å². The highest BCUT2D eigenvalue weighted by Crippen LogP contribution is 2.20. The third-order valence-corrected chi connectivity index (χ3v) is 3.89. The Hall–Kier alpha value is -1.32. The largest absolute Gasteiger partial charge is 0.345 e. The fourth-order valence-corrected chi connectivity index (χ4v) is 2.39. The molecule has 0 aliphatic rings. The fourth-order valence-electron chi connectivity index (χ4n) is 2.39. The molecule has 3 nitrogen and oxygen atoms in total. The van der Waals surface area contributed by atoms with Crippen LogP contribution in [-0.4, -0.2) is 24.4 Å². The van der Waals surface area contributed by atoms with Crippen LogP contribution in [-0.2, 0) is 4.79 Å². The van der Waals surface area contributed by atoms with Crippen molar-refractivity contribution in [2.24, 2.45) is 11.7 Å². The van der Waals surface area contributed by atoms with E-state index in [9.17, 15) is 4.79 Å². The number of nitrogens with zero attached hydrogens (tertiary/aromatic N) is 1. The molecule has 0 heterocycles.